The van der Waals surface area contributed by atoms with Gasteiger partial charge in [-0.05, 0) is 55.8 Å². The molecule has 0 atom stereocenters. The Morgan fingerprint density at radius 2 is 1.93 bits per heavy atom. The summed E-state index contributed by atoms with van der Waals surface area (Å²) in [6, 6.07) is 9.66. The summed E-state index contributed by atoms with van der Waals surface area (Å²) < 4.78 is 34.0. The number of nitrogens with zero attached hydrogens (tertiary/aromatic N) is 1. The number of sulfonamides is 1. The summed E-state index contributed by atoms with van der Waals surface area (Å²) in [5, 5.41) is 3.13. The molecule has 1 heterocycles. The van der Waals surface area contributed by atoms with E-state index in [-0.39, 0.29) is 10.8 Å². The van der Waals surface area contributed by atoms with Gasteiger partial charge in [-0.2, -0.15) is 0 Å². The average Bonchev–Trinajstić information content (AvgIpc) is 2.97. The summed E-state index contributed by atoms with van der Waals surface area (Å²) in [7, 11) is -3.73. The predicted octanol–water partition coefficient (Wildman–Crippen LogP) is 3.76. The van der Waals surface area contributed by atoms with Crippen LogP contribution >= 0.6 is 11.3 Å². The zero-order valence-electron chi connectivity index (χ0n) is 15.1. The fourth-order valence-electron chi connectivity index (χ4n) is 2.56. The van der Waals surface area contributed by atoms with Crippen molar-refractivity contribution in [1.82, 2.24) is 4.98 Å². The van der Waals surface area contributed by atoms with E-state index in [0.717, 1.165) is 15.8 Å². The van der Waals surface area contributed by atoms with E-state index in [1.165, 1.54) is 30.4 Å². The first-order chi connectivity index (χ1) is 12.8. The number of benzene rings is 2. The van der Waals surface area contributed by atoms with E-state index in [0.29, 0.717) is 23.2 Å². The Bertz CT molecular complexity index is 1090. The second-order valence-corrected chi connectivity index (χ2v) is 8.56. The van der Waals surface area contributed by atoms with Crippen molar-refractivity contribution in [2.75, 3.05) is 16.6 Å². The molecular formula is C18H19N3O4S2. The van der Waals surface area contributed by atoms with E-state index in [1.54, 1.807) is 24.3 Å². The number of hydrogen-bond acceptors (Lipinski definition) is 6. The Hall–Kier alpha value is -2.65. The number of aryl methyl sites for hydroxylation is 1. The normalized spacial score (nSPS) is 11.4. The van der Waals surface area contributed by atoms with Crippen LogP contribution in [0.4, 0.5) is 10.8 Å². The standard InChI is InChI=1S/C18H19N3O4S2/c1-4-25-14-5-7-15(8-6-14)27(23,24)21-13-9-11(2)17-16(10-13)26-18(20-17)19-12(3)22/h5-10,21H,4H2,1-3H3,(H,19,20,22). The monoisotopic (exact) mass is 405 g/mol. The van der Waals surface area contributed by atoms with Crippen molar-refractivity contribution >= 4 is 48.3 Å². The van der Waals surface area contributed by atoms with Crippen LogP contribution in [-0.2, 0) is 14.8 Å². The lowest BCUT2D eigenvalue weighted by Crippen LogP contribution is -2.13. The highest BCUT2D eigenvalue weighted by molar-refractivity contribution is 7.92. The molecule has 3 aromatic rings. The summed E-state index contributed by atoms with van der Waals surface area (Å²) in [4.78, 5) is 15.7. The first kappa shape index (κ1) is 19.1. The van der Waals surface area contributed by atoms with Gasteiger partial charge >= 0.3 is 0 Å². The smallest absolute Gasteiger partial charge is 0.261 e. The molecule has 0 spiro atoms. The molecule has 0 unspecified atom stereocenters. The Morgan fingerprint density at radius 1 is 1.22 bits per heavy atom. The number of carbonyl (C=O) groups is 1. The lowest BCUT2D eigenvalue weighted by Gasteiger charge is -2.10. The van der Waals surface area contributed by atoms with Crippen LogP contribution in [-0.4, -0.2) is 25.9 Å². The van der Waals surface area contributed by atoms with Crippen molar-refractivity contribution in [3.8, 4) is 5.75 Å². The number of anilines is 2. The highest BCUT2D eigenvalue weighted by Crippen LogP contribution is 2.32. The molecule has 0 bridgehead atoms. The number of thiazole rings is 1. The number of rotatable bonds is 6. The van der Waals surface area contributed by atoms with Crippen LogP contribution in [0.3, 0.4) is 0 Å². The molecule has 142 valence electrons. The molecule has 3 rings (SSSR count). The largest absolute Gasteiger partial charge is 0.494 e. The number of hydrogen-bond donors (Lipinski definition) is 2. The van der Waals surface area contributed by atoms with Crippen LogP contribution in [0.15, 0.2) is 41.3 Å². The van der Waals surface area contributed by atoms with Gasteiger partial charge in [0.2, 0.25) is 5.91 Å². The lowest BCUT2D eigenvalue weighted by atomic mass is 10.2. The molecule has 0 saturated heterocycles. The van der Waals surface area contributed by atoms with E-state index in [9.17, 15) is 13.2 Å². The van der Waals surface area contributed by atoms with Gasteiger partial charge in [-0.3, -0.25) is 9.52 Å². The molecule has 0 fully saturated rings. The number of ether oxygens (including phenoxy) is 1. The third-order valence-electron chi connectivity index (χ3n) is 3.67. The fraction of sp³-hybridized carbons (Fsp3) is 0.222. The van der Waals surface area contributed by atoms with Gasteiger partial charge in [-0.25, -0.2) is 13.4 Å². The van der Waals surface area contributed by atoms with Gasteiger partial charge in [0.15, 0.2) is 5.13 Å². The number of fused-ring (bicyclic) bond motifs is 1. The van der Waals surface area contributed by atoms with Gasteiger partial charge in [0.1, 0.15) is 5.75 Å². The maximum Gasteiger partial charge on any atom is 0.261 e. The van der Waals surface area contributed by atoms with Crippen molar-refractivity contribution in [2.24, 2.45) is 0 Å². The zero-order chi connectivity index (χ0) is 19.6. The van der Waals surface area contributed by atoms with Gasteiger partial charge < -0.3 is 10.1 Å². The molecule has 1 aromatic heterocycles. The summed E-state index contributed by atoms with van der Waals surface area (Å²) in [5.74, 6) is 0.409. The Balaban J connectivity index is 1.89. The summed E-state index contributed by atoms with van der Waals surface area (Å²) in [5.41, 5.74) is 1.98. The average molecular weight is 406 g/mol. The van der Waals surface area contributed by atoms with Crippen molar-refractivity contribution < 1.29 is 17.9 Å². The molecule has 0 aliphatic heterocycles. The van der Waals surface area contributed by atoms with Crippen molar-refractivity contribution in [2.45, 2.75) is 25.7 Å². The SMILES string of the molecule is CCOc1ccc(S(=O)(=O)Nc2cc(C)c3nc(NC(C)=O)sc3c2)cc1. The maximum absolute atomic E-state index is 12.6. The maximum atomic E-state index is 12.6. The lowest BCUT2D eigenvalue weighted by molar-refractivity contribution is -0.114. The van der Waals surface area contributed by atoms with E-state index in [2.05, 4.69) is 15.0 Å². The second-order valence-electron chi connectivity index (χ2n) is 5.85. The molecule has 9 heteroatoms. The van der Waals surface area contributed by atoms with Crippen molar-refractivity contribution in [1.29, 1.82) is 0 Å². The Labute approximate surface area is 161 Å². The number of aromatic nitrogens is 1. The minimum Gasteiger partial charge on any atom is -0.494 e. The minimum absolute atomic E-state index is 0.145. The minimum atomic E-state index is -3.73. The third-order valence-corrected chi connectivity index (χ3v) is 5.98. The molecular weight excluding hydrogens is 386 g/mol. The van der Waals surface area contributed by atoms with Crippen molar-refractivity contribution in [3.63, 3.8) is 0 Å². The first-order valence-electron chi connectivity index (χ1n) is 8.23. The van der Waals surface area contributed by atoms with Crippen LogP contribution in [0.25, 0.3) is 10.2 Å². The summed E-state index contributed by atoms with van der Waals surface area (Å²) in [6.07, 6.45) is 0. The number of amides is 1. The van der Waals surface area contributed by atoms with Gasteiger partial charge in [0.05, 0.1) is 27.4 Å². The molecule has 27 heavy (non-hydrogen) atoms. The van der Waals surface area contributed by atoms with Gasteiger partial charge in [-0.1, -0.05) is 11.3 Å². The highest BCUT2D eigenvalue weighted by atomic mass is 32.2. The van der Waals surface area contributed by atoms with Gasteiger partial charge in [-0.15, -0.1) is 0 Å². The molecule has 0 aliphatic rings. The van der Waals surface area contributed by atoms with E-state index in [4.69, 9.17) is 4.74 Å². The van der Waals surface area contributed by atoms with Crippen LogP contribution < -0.4 is 14.8 Å². The number of nitrogens with one attached hydrogen (secondary N) is 2. The molecule has 2 N–H and O–H groups in total. The quantitative estimate of drug-likeness (QED) is 0.651. The molecule has 0 aliphatic carbocycles. The highest BCUT2D eigenvalue weighted by Gasteiger charge is 2.16. The number of carbonyl (C=O) groups excluding carboxylic acids is 1. The Kier molecular flexibility index (Phi) is 5.33. The molecule has 1 amide bonds. The molecule has 2 aromatic carbocycles. The zero-order valence-corrected chi connectivity index (χ0v) is 16.7. The molecule has 0 saturated carbocycles. The van der Waals surface area contributed by atoms with Crippen LogP contribution in [0, 0.1) is 6.92 Å². The first-order valence-corrected chi connectivity index (χ1v) is 10.5. The van der Waals surface area contributed by atoms with Crippen LogP contribution in [0.1, 0.15) is 19.4 Å². The van der Waals surface area contributed by atoms with Crippen LogP contribution in [0.2, 0.25) is 0 Å². The van der Waals surface area contributed by atoms with E-state index < -0.39 is 10.0 Å². The molecule has 7 nitrogen and oxygen atoms in total. The predicted molar refractivity (Wildman–Crippen MR) is 107 cm³/mol. The van der Waals surface area contributed by atoms with E-state index >= 15 is 0 Å². The topological polar surface area (TPSA) is 97.4 Å². The fourth-order valence-corrected chi connectivity index (χ4v) is 4.63. The van der Waals surface area contributed by atoms with Crippen LogP contribution in [0.5, 0.6) is 5.75 Å². The molecule has 0 radical (unpaired) electrons. The van der Waals surface area contributed by atoms with E-state index in [1.807, 2.05) is 13.8 Å². The Morgan fingerprint density at radius 3 is 2.56 bits per heavy atom. The van der Waals surface area contributed by atoms with Gasteiger partial charge in [0.25, 0.3) is 10.0 Å². The second kappa shape index (κ2) is 7.53. The van der Waals surface area contributed by atoms with Crippen molar-refractivity contribution in [3.05, 3.63) is 42.0 Å². The summed E-state index contributed by atoms with van der Waals surface area (Å²) >= 11 is 1.29. The summed E-state index contributed by atoms with van der Waals surface area (Å²) in [6.45, 7) is 5.63. The third kappa shape index (κ3) is 4.37. The van der Waals surface area contributed by atoms with Gasteiger partial charge in [0, 0.05) is 6.92 Å².